The Morgan fingerprint density at radius 1 is 1.16 bits per heavy atom. The van der Waals surface area contributed by atoms with Crippen LogP contribution in [-0.2, 0) is 6.54 Å². The molecule has 0 radical (unpaired) electrons. The van der Waals surface area contributed by atoms with Gasteiger partial charge in [-0.15, -0.1) is 0 Å². The fourth-order valence-corrected chi connectivity index (χ4v) is 3.13. The summed E-state index contributed by atoms with van der Waals surface area (Å²) in [6.45, 7) is 3.96. The van der Waals surface area contributed by atoms with Gasteiger partial charge in [0.1, 0.15) is 0 Å². The zero-order chi connectivity index (χ0) is 13.1. The van der Waals surface area contributed by atoms with Gasteiger partial charge in [-0.05, 0) is 31.4 Å². The molecule has 2 fully saturated rings. The number of nitrogens with one attached hydrogen (secondary N) is 2. The van der Waals surface area contributed by atoms with Crippen molar-refractivity contribution in [3.8, 4) is 0 Å². The van der Waals surface area contributed by atoms with E-state index < -0.39 is 0 Å². The Labute approximate surface area is 114 Å². The molecular weight excluding hydrogens is 238 g/mol. The molecule has 1 aromatic carbocycles. The molecule has 2 aliphatic heterocycles. The zero-order valence-corrected chi connectivity index (χ0v) is 11.2. The number of carbonyl (C=O) groups excluding carboxylic acids is 1. The third kappa shape index (κ3) is 2.89. The Morgan fingerprint density at radius 3 is 2.74 bits per heavy atom. The molecule has 1 aromatic rings. The number of likely N-dealkylation sites (tertiary alicyclic amines) is 1. The first-order valence-corrected chi connectivity index (χ1v) is 7.08. The van der Waals surface area contributed by atoms with Crippen LogP contribution in [0.4, 0.5) is 4.79 Å². The highest BCUT2D eigenvalue weighted by molar-refractivity contribution is 5.77. The van der Waals surface area contributed by atoms with E-state index in [4.69, 9.17) is 0 Å². The van der Waals surface area contributed by atoms with Crippen LogP contribution in [0.1, 0.15) is 24.8 Å². The standard InChI is InChI=1S/C15H21N3O/c19-14-16-12-15(17-14)7-4-9-18(10-8-15)11-13-5-2-1-3-6-13/h1-3,5-6H,4,7-12H2,(H2,16,17,19). The minimum absolute atomic E-state index is 0.00250. The van der Waals surface area contributed by atoms with Crippen molar-refractivity contribution in [3.05, 3.63) is 35.9 Å². The summed E-state index contributed by atoms with van der Waals surface area (Å²) >= 11 is 0. The average molecular weight is 259 g/mol. The van der Waals surface area contributed by atoms with Crippen molar-refractivity contribution in [3.63, 3.8) is 0 Å². The van der Waals surface area contributed by atoms with Crippen LogP contribution in [0.25, 0.3) is 0 Å². The Bertz CT molecular complexity index is 448. The smallest absolute Gasteiger partial charge is 0.315 e. The molecule has 2 aliphatic rings. The highest BCUT2D eigenvalue weighted by atomic mass is 16.2. The normalized spacial score (nSPS) is 27.9. The minimum Gasteiger partial charge on any atom is -0.336 e. The van der Waals surface area contributed by atoms with Crippen LogP contribution < -0.4 is 10.6 Å². The summed E-state index contributed by atoms with van der Waals surface area (Å²) < 4.78 is 0. The highest BCUT2D eigenvalue weighted by Gasteiger charge is 2.38. The summed E-state index contributed by atoms with van der Waals surface area (Å²) in [5.41, 5.74) is 1.37. The van der Waals surface area contributed by atoms with Crippen LogP contribution in [-0.4, -0.2) is 36.1 Å². The van der Waals surface area contributed by atoms with Crippen molar-refractivity contribution in [2.75, 3.05) is 19.6 Å². The molecule has 0 aromatic heterocycles. The van der Waals surface area contributed by atoms with Gasteiger partial charge in [-0.2, -0.15) is 0 Å². The van der Waals surface area contributed by atoms with Gasteiger partial charge in [0.15, 0.2) is 0 Å². The summed E-state index contributed by atoms with van der Waals surface area (Å²) in [5, 5.41) is 6.02. The van der Waals surface area contributed by atoms with Crippen molar-refractivity contribution in [1.29, 1.82) is 0 Å². The summed E-state index contributed by atoms with van der Waals surface area (Å²) in [6.07, 6.45) is 3.27. The SMILES string of the molecule is O=C1NCC2(CCCN(Cc3ccccc3)CC2)N1. The van der Waals surface area contributed by atoms with Gasteiger partial charge < -0.3 is 10.6 Å². The molecule has 19 heavy (non-hydrogen) atoms. The molecule has 0 bridgehead atoms. The average Bonchev–Trinajstić information content (AvgIpc) is 2.67. The van der Waals surface area contributed by atoms with Crippen LogP contribution in [0.3, 0.4) is 0 Å². The lowest BCUT2D eigenvalue weighted by Gasteiger charge is -2.26. The number of carbonyl (C=O) groups is 1. The molecule has 2 amide bonds. The van der Waals surface area contributed by atoms with Gasteiger partial charge in [0.25, 0.3) is 0 Å². The van der Waals surface area contributed by atoms with Crippen LogP contribution in [0, 0.1) is 0 Å². The number of urea groups is 1. The first-order chi connectivity index (χ1) is 9.26. The highest BCUT2D eigenvalue weighted by Crippen LogP contribution is 2.25. The molecule has 2 saturated heterocycles. The van der Waals surface area contributed by atoms with E-state index in [1.54, 1.807) is 0 Å². The Balaban J connectivity index is 1.60. The molecule has 0 saturated carbocycles. The van der Waals surface area contributed by atoms with Crippen molar-refractivity contribution in [2.45, 2.75) is 31.3 Å². The van der Waals surface area contributed by atoms with Gasteiger partial charge in [-0.3, -0.25) is 4.90 Å². The van der Waals surface area contributed by atoms with E-state index in [1.807, 2.05) is 0 Å². The molecule has 2 N–H and O–H groups in total. The van der Waals surface area contributed by atoms with Gasteiger partial charge in [0.05, 0.1) is 5.54 Å². The second kappa shape index (κ2) is 5.21. The number of hydrogen-bond acceptors (Lipinski definition) is 2. The second-order valence-electron chi connectivity index (χ2n) is 5.70. The molecular formula is C15H21N3O. The molecule has 1 atom stereocenters. The van der Waals surface area contributed by atoms with Crippen molar-refractivity contribution in [2.24, 2.45) is 0 Å². The predicted octanol–water partition coefficient (Wildman–Crippen LogP) is 1.72. The molecule has 2 heterocycles. The Hall–Kier alpha value is -1.55. The number of nitrogens with zero attached hydrogens (tertiary/aromatic N) is 1. The lowest BCUT2D eigenvalue weighted by molar-refractivity contribution is 0.240. The van der Waals surface area contributed by atoms with Gasteiger partial charge in [0.2, 0.25) is 0 Å². The largest absolute Gasteiger partial charge is 0.336 e. The zero-order valence-electron chi connectivity index (χ0n) is 11.2. The topological polar surface area (TPSA) is 44.4 Å². The van der Waals surface area contributed by atoms with Gasteiger partial charge >= 0.3 is 6.03 Å². The van der Waals surface area contributed by atoms with Gasteiger partial charge in [-0.25, -0.2) is 4.79 Å². The second-order valence-corrected chi connectivity index (χ2v) is 5.70. The molecule has 4 heteroatoms. The maximum atomic E-state index is 11.4. The van der Waals surface area contributed by atoms with Gasteiger partial charge in [-0.1, -0.05) is 30.3 Å². The lowest BCUT2D eigenvalue weighted by Crippen LogP contribution is -2.44. The van der Waals surface area contributed by atoms with E-state index in [9.17, 15) is 4.79 Å². The number of rotatable bonds is 2. The van der Waals surface area contributed by atoms with E-state index in [0.29, 0.717) is 0 Å². The van der Waals surface area contributed by atoms with E-state index in [2.05, 4.69) is 45.9 Å². The molecule has 1 unspecified atom stereocenters. The van der Waals surface area contributed by atoms with Gasteiger partial charge in [0, 0.05) is 19.6 Å². The Kier molecular flexibility index (Phi) is 3.42. The van der Waals surface area contributed by atoms with Crippen LogP contribution in [0.2, 0.25) is 0 Å². The number of benzene rings is 1. The van der Waals surface area contributed by atoms with E-state index in [-0.39, 0.29) is 11.6 Å². The molecule has 4 nitrogen and oxygen atoms in total. The molecule has 0 aliphatic carbocycles. The van der Waals surface area contributed by atoms with Crippen molar-refractivity contribution < 1.29 is 4.79 Å². The van der Waals surface area contributed by atoms with Crippen LogP contribution in [0.5, 0.6) is 0 Å². The van der Waals surface area contributed by atoms with Crippen molar-refractivity contribution >= 4 is 6.03 Å². The molecule has 1 spiro atoms. The van der Waals surface area contributed by atoms with E-state index in [1.165, 1.54) is 5.56 Å². The van der Waals surface area contributed by atoms with E-state index >= 15 is 0 Å². The summed E-state index contributed by atoms with van der Waals surface area (Å²) in [4.78, 5) is 13.9. The van der Waals surface area contributed by atoms with E-state index in [0.717, 1.165) is 45.4 Å². The predicted molar refractivity (Wildman–Crippen MR) is 74.8 cm³/mol. The molecule has 102 valence electrons. The lowest BCUT2D eigenvalue weighted by atomic mass is 9.92. The fourth-order valence-electron chi connectivity index (χ4n) is 3.13. The number of amides is 2. The number of hydrogen-bond donors (Lipinski definition) is 2. The van der Waals surface area contributed by atoms with Crippen LogP contribution in [0.15, 0.2) is 30.3 Å². The summed E-state index contributed by atoms with van der Waals surface area (Å²) in [6, 6.07) is 10.6. The third-order valence-electron chi connectivity index (χ3n) is 4.25. The first kappa shape index (κ1) is 12.5. The summed E-state index contributed by atoms with van der Waals surface area (Å²) in [7, 11) is 0. The minimum atomic E-state index is -0.00323. The Morgan fingerprint density at radius 2 is 2.00 bits per heavy atom. The van der Waals surface area contributed by atoms with Crippen molar-refractivity contribution in [1.82, 2.24) is 15.5 Å². The molecule has 3 rings (SSSR count). The first-order valence-electron chi connectivity index (χ1n) is 7.08. The van der Waals surface area contributed by atoms with Crippen LogP contribution >= 0.6 is 0 Å². The fraction of sp³-hybridized carbons (Fsp3) is 0.533. The monoisotopic (exact) mass is 259 g/mol. The third-order valence-corrected chi connectivity index (χ3v) is 4.25. The maximum absolute atomic E-state index is 11.4. The maximum Gasteiger partial charge on any atom is 0.315 e. The summed E-state index contributed by atoms with van der Waals surface area (Å²) in [5.74, 6) is 0. The quantitative estimate of drug-likeness (QED) is 0.849.